The van der Waals surface area contributed by atoms with E-state index in [1.165, 1.54) is 18.7 Å². The van der Waals surface area contributed by atoms with Crippen molar-refractivity contribution in [3.8, 4) is 0 Å². The van der Waals surface area contributed by atoms with Crippen LogP contribution in [0.25, 0.3) is 0 Å². The average Bonchev–Trinajstić information content (AvgIpc) is 3.35. The van der Waals surface area contributed by atoms with E-state index in [-0.39, 0.29) is 13.2 Å². The van der Waals surface area contributed by atoms with Gasteiger partial charge in [-0.3, -0.25) is 19.2 Å². The monoisotopic (exact) mass is 531 g/mol. The standard InChI is InChI=1S/C26H37N5O7/c1-15(19(32)21(27)33)28-22(34)18-12-9-13-31(18)23(35)20(26(3,4)5)30-25(37)29-16(2)24(36)38-14-17-10-7-6-8-11-17/h6-8,10-11,15-16,18,20H,9,12-14H2,1-5H3,(H2,27,33)(H,28,34)(H2,29,30,37)/t15?,16?,18-,20?/m0/s1. The van der Waals surface area contributed by atoms with Crippen molar-refractivity contribution in [2.75, 3.05) is 6.54 Å². The van der Waals surface area contributed by atoms with E-state index in [1.807, 2.05) is 18.2 Å². The molecule has 12 nitrogen and oxygen atoms in total. The highest BCUT2D eigenvalue weighted by Crippen LogP contribution is 2.26. The molecule has 1 saturated heterocycles. The van der Waals surface area contributed by atoms with E-state index in [9.17, 15) is 28.8 Å². The maximum atomic E-state index is 13.5. The van der Waals surface area contributed by atoms with Crippen LogP contribution in [0.3, 0.4) is 0 Å². The fourth-order valence-corrected chi connectivity index (χ4v) is 3.99. The molecule has 1 aromatic carbocycles. The van der Waals surface area contributed by atoms with Crippen molar-refractivity contribution in [1.29, 1.82) is 0 Å². The lowest BCUT2D eigenvalue weighted by Gasteiger charge is -2.35. The van der Waals surface area contributed by atoms with Gasteiger partial charge in [-0.05, 0) is 37.7 Å². The molecule has 1 aliphatic heterocycles. The fourth-order valence-electron chi connectivity index (χ4n) is 3.99. The third-order valence-electron chi connectivity index (χ3n) is 6.15. The van der Waals surface area contributed by atoms with Crippen LogP contribution in [0.2, 0.25) is 0 Å². The fraction of sp³-hybridized carbons (Fsp3) is 0.538. The summed E-state index contributed by atoms with van der Waals surface area (Å²) in [7, 11) is 0. The normalized spacial score (nSPS) is 17.5. The smallest absolute Gasteiger partial charge is 0.328 e. The molecule has 4 atom stereocenters. The van der Waals surface area contributed by atoms with Gasteiger partial charge in [-0.1, -0.05) is 51.1 Å². The summed E-state index contributed by atoms with van der Waals surface area (Å²) in [6.45, 7) is 8.40. The number of esters is 1. The van der Waals surface area contributed by atoms with Gasteiger partial charge < -0.3 is 31.3 Å². The quantitative estimate of drug-likeness (QED) is 0.249. The summed E-state index contributed by atoms with van der Waals surface area (Å²) in [6, 6.07) is 4.31. The second kappa shape index (κ2) is 13.0. The molecule has 38 heavy (non-hydrogen) atoms. The van der Waals surface area contributed by atoms with Crippen molar-refractivity contribution in [3.63, 3.8) is 0 Å². The van der Waals surface area contributed by atoms with Crippen LogP contribution < -0.4 is 21.7 Å². The molecule has 0 saturated carbocycles. The number of Topliss-reactive ketones (excluding diaryl/α,β-unsaturated/α-hetero) is 1. The zero-order chi connectivity index (χ0) is 28.6. The Morgan fingerprint density at radius 1 is 1.00 bits per heavy atom. The van der Waals surface area contributed by atoms with Gasteiger partial charge in [-0.15, -0.1) is 0 Å². The minimum atomic E-state index is -1.17. The summed E-state index contributed by atoms with van der Waals surface area (Å²) in [5.41, 5.74) is 5.05. The first kappa shape index (κ1) is 30.3. The van der Waals surface area contributed by atoms with Crippen molar-refractivity contribution >= 4 is 35.5 Å². The number of ether oxygens (including phenoxy) is 1. The van der Waals surface area contributed by atoms with E-state index in [0.29, 0.717) is 12.8 Å². The van der Waals surface area contributed by atoms with Crippen molar-refractivity contribution in [1.82, 2.24) is 20.9 Å². The van der Waals surface area contributed by atoms with Crippen LogP contribution in [0, 0.1) is 5.41 Å². The number of ketones is 1. The molecule has 5 N–H and O–H groups in total. The van der Waals surface area contributed by atoms with Gasteiger partial charge in [-0.25, -0.2) is 9.59 Å². The Labute approximate surface area is 222 Å². The largest absolute Gasteiger partial charge is 0.459 e. The minimum absolute atomic E-state index is 0.0540. The second-order valence-electron chi connectivity index (χ2n) is 10.4. The Balaban J connectivity index is 2.02. The molecule has 1 heterocycles. The summed E-state index contributed by atoms with van der Waals surface area (Å²) in [6.07, 6.45) is 0.887. The van der Waals surface area contributed by atoms with Gasteiger partial charge in [0, 0.05) is 6.54 Å². The molecule has 0 aliphatic carbocycles. The zero-order valence-electron chi connectivity index (χ0n) is 22.4. The number of carbonyl (C=O) groups is 6. The van der Waals surface area contributed by atoms with Crippen LogP contribution in [0.5, 0.6) is 0 Å². The number of rotatable bonds is 10. The first-order valence-electron chi connectivity index (χ1n) is 12.4. The van der Waals surface area contributed by atoms with Crippen molar-refractivity contribution in [3.05, 3.63) is 35.9 Å². The molecule has 0 spiro atoms. The van der Waals surface area contributed by atoms with E-state index in [1.54, 1.807) is 32.9 Å². The van der Waals surface area contributed by atoms with E-state index in [4.69, 9.17) is 10.5 Å². The van der Waals surface area contributed by atoms with E-state index < -0.39 is 65.1 Å². The highest BCUT2D eigenvalue weighted by Gasteiger charge is 2.42. The van der Waals surface area contributed by atoms with Crippen LogP contribution in [-0.2, 0) is 35.3 Å². The number of nitrogens with zero attached hydrogens (tertiary/aromatic N) is 1. The summed E-state index contributed by atoms with van der Waals surface area (Å²) < 4.78 is 5.24. The van der Waals surface area contributed by atoms with Gasteiger partial charge in [0.25, 0.3) is 5.91 Å². The van der Waals surface area contributed by atoms with Crippen LogP contribution >= 0.6 is 0 Å². The van der Waals surface area contributed by atoms with Crippen molar-refractivity contribution in [2.24, 2.45) is 11.1 Å². The third kappa shape index (κ3) is 8.29. The van der Waals surface area contributed by atoms with Crippen molar-refractivity contribution < 1.29 is 33.5 Å². The molecule has 1 fully saturated rings. The van der Waals surface area contributed by atoms with E-state index in [0.717, 1.165) is 5.56 Å². The van der Waals surface area contributed by atoms with Gasteiger partial charge >= 0.3 is 12.0 Å². The molecule has 0 bridgehead atoms. The third-order valence-corrected chi connectivity index (χ3v) is 6.15. The van der Waals surface area contributed by atoms with Crippen LogP contribution in [0.4, 0.5) is 4.79 Å². The molecular formula is C26H37N5O7. The highest BCUT2D eigenvalue weighted by atomic mass is 16.5. The molecule has 0 aromatic heterocycles. The topological polar surface area (TPSA) is 177 Å². The molecule has 2 rings (SSSR count). The zero-order valence-corrected chi connectivity index (χ0v) is 22.4. The maximum Gasteiger partial charge on any atom is 0.328 e. The second-order valence-corrected chi connectivity index (χ2v) is 10.4. The summed E-state index contributed by atoms with van der Waals surface area (Å²) in [4.78, 5) is 75.7. The molecule has 208 valence electrons. The Kier molecular flexibility index (Phi) is 10.4. The summed E-state index contributed by atoms with van der Waals surface area (Å²) in [5.74, 6) is -3.84. The maximum absolute atomic E-state index is 13.5. The molecule has 12 heteroatoms. The lowest BCUT2D eigenvalue weighted by atomic mass is 9.85. The predicted octanol–water partition coefficient (Wildman–Crippen LogP) is 0.382. The first-order chi connectivity index (χ1) is 17.7. The molecule has 1 aromatic rings. The number of carbonyl (C=O) groups excluding carboxylic acids is 6. The average molecular weight is 532 g/mol. The van der Waals surface area contributed by atoms with Gasteiger partial charge in [0.1, 0.15) is 24.7 Å². The number of urea groups is 1. The number of hydrogen-bond acceptors (Lipinski definition) is 7. The number of benzene rings is 1. The number of primary amides is 1. The van der Waals surface area contributed by atoms with Crippen molar-refractivity contribution in [2.45, 2.75) is 78.2 Å². The Morgan fingerprint density at radius 2 is 1.63 bits per heavy atom. The van der Waals surface area contributed by atoms with Crippen LogP contribution in [-0.4, -0.2) is 71.1 Å². The Morgan fingerprint density at radius 3 is 2.21 bits per heavy atom. The summed E-state index contributed by atoms with van der Waals surface area (Å²) >= 11 is 0. The van der Waals surface area contributed by atoms with E-state index >= 15 is 0 Å². The number of amides is 5. The van der Waals surface area contributed by atoms with Gasteiger partial charge in [0.05, 0.1) is 6.04 Å². The summed E-state index contributed by atoms with van der Waals surface area (Å²) in [5, 5.41) is 7.56. The SMILES string of the molecule is CC(NC(=O)NC(C(=O)N1CCC[C@H]1C(=O)NC(C)C(=O)C(N)=O)C(C)(C)C)C(=O)OCc1ccccc1. The lowest BCUT2D eigenvalue weighted by molar-refractivity contribution is -0.146. The molecule has 3 unspecified atom stereocenters. The van der Waals surface area contributed by atoms with Crippen LogP contribution in [0.1, 0.15) is 53.0 Å². The molecular weight excluding hydrogens is 494 g/mol. The Bertz CT molecular complexity index is 1050. The number of nitrogens with two attached hydrogens (primary N) is 1. The van der Waals surface area contributed by atoms with Gasteiger partial charge in [0.2, 0.25) is 17.6 Å². The number of hydrogen-bond donors (Lipinski definition) is 4. The molecule has 1 aliphatic rings. The molecule has 0 radical (unpaired) electrons. The number of likely N-dealkylation sites (tertiary alicyclic amines) is 1. The van der Waals surface area contributed by atoms with Gasteiger partial charge in [-0.2, -0.15) is 0 Å². The van der Waals surface area contributed by atoms with Gasteiger partial charge in [0.15, 0.2) is 0 Å². The number of nitrogens with one attached hydrogen (secondary N) is 3. The lowest BCUT2D eigenvalue weighted by Crippen LogP contribution is -2.60. The first-order valence-corrected chi connectivity index (χ1v) is 12.4. The minimum Gasteiger partial charge on any atom is -0.459 e. The van der Waals surface area contributed by atoms with E-state index in [2.05, 4.69) is 16.0 Å². The highest BCUT2D eigenvalue weighted by molar-refractivity contribution is 6.37. The predicted molar refractivity (Wildman–Crippen MR) is 137 cm³/mol. The molecule has 5 amide bonds. The Hall–Kier alpha value is -3.96. The van der Waals surface area contributed by atoms with Crippen LogP contribution in [0.15, 0.2) is 30.3 Å².